The van der Waals surface area contributed by atoms with Gasteiger partial charge in [-0.05, 0) is 24.8 Å². The van der Waals surface area contributed by atoms with Crippen LogP contribution >= 0.6 is 36.2 Å². The third-order valence-corrected chi connectivity index (χ3v) is 4.81. The van der Waals surface area contributed by atoms with E-state index in [4.69, 9.17) is 5.73 Å². The number of halogens is 2. The number of piperazine rings is 1. The number of anilines is 1. The highest BCUT2D eigenvalue weighted by atomic mass is 35.5. The molecular formula is C15H23Cl2N5OS. The van der Waals surface area contributed by atoms with Crippen LogP contribution in [0.5, 0.6) is 0 Å². The summed E-state index contributed by atoms with van der Waals surface area (Å²) in [5.74, 6) is 1.19. The van der Waals surface area contributed by atoms with Crippen LogP contribution in [-0.2, 0) is 4.79 Å². The van der Waals surface area contributed by atoms with Crippen molar-refractivity contribution in [2.45, 2.75) is 25.8 Å². The van der Waals surface area contributed by atoms with E-state index < -0.39 is 0 Å². The fraction of sp³-hybridized carbons (Fsp3) is 0.533. The molecule has 134 valence electrons. The van der Waals surface area contributed by atoms with Crippen LogP contribution in [0.15, 0.2) is 17.8 Å². The SMILES string of the molecule is CC(N)CCC(=O)N1CCN(c2ncnc3sccc23)CC1.Cl.Cl. The Morgan fingerprint density at radius 1 is 1.29 bits per heavy atom. The summed E-state index contributed by atoms with van der Waals surface area (Å²) >= 11 is 1.63. The van der Waals surface area contributed by atoms with Crippen LogP contribution in [0.3, 0.4) is 0 Å². The van der Waals surface area contributed by atoms with Crippen LogP contribution in [0.1, 0.15) is 19.8 Å². The average Bonchev–Trinajstić information content (AvgIpc) is 3.01. The first-order valence-electron chi connectivity index (χ1n) is 7.61. The fourth-order valence-corrected chi connectivity index (χ4v) is 3.43. The number of aromatic nitrogens is 2. The lowest BCUT2D eigenvalue weighted by Gasteiger charge is -2.35. The molecule has 0 aliphatic carbocycles. The van der Waals surface area contributed by atoms with Crippen molar-refractivity contribution in [1.82, 2.24) is 14.9 Å². The van der Waals surface area contributed by atoms with Gasteiger partial charge >= 0.3 is 0 Å². The molecule has 9 heteroatoms. The number of carbonyl (C=O) groups is 1. The minimum atomic E-state index is 0. The molecular weight excluding hydrogens is 369 g/mol. The molecule has 24 heavy (non-hydrogen) atoms. The Bertz CT molecular complexity index is 658. The van der Waals surface area contributed by atoms with Gasteiger partial charge in [0.25, 0.3) is 0 Å². The van der Waals surface area contributed by atoms with Crippen molar-refractivity contribution in [2.24, 2.45) is 5.73 Å². The highest BCUT2D eigenvalue weighted by Gasteiger charge is 2.23. The molecule has 1 unspecified atom stereocenters. The maximum atomic E-state index is 12.1. The Balaban J connectivity index is 0.00000144. The zero-order chi connectivity index (χ0) is 15.5. The van der Waals surface area contributed by atoms with Gasteiger partial charge in [-0.2, -0.15) is 0 Å². The van der Waals surface area contributed by atoms with Crippen molar-refractivity contribution in [3.8, 4) is 0 Å². The molecule has 3 heterocycles. The molecule has 1 amide bonds. The summed E-state index contributed by atoms with van der Waals surface area (Å²) in [6.45, 7) is 5.05. The summed E-state index contributed by atoms with van der Waals surface area (Å²) < 4.78 is 0. The number of rotatable bonds is 4. The Morgan fingerprint density at radius 2 is 2.00 bits per heavy atom. The molecule has 0 radical (unpaired) electrons. The molecule has 2 aromatic heterocycles. The van der Waals surface area contributed by atoms with E-state index in [1.54, 1.807) is 17.7 Å². The average molecular weight is 392 g/mol. The standard InChI is InChI=1S/C15H21N5OS.2ClH/c1-11(16)2-3-13(21)19-5-7-20(8-6-19)14-12-4-9-22-15(12)18-10-17-14;;/h4,9-11H,2-3,5-8,16H2,1H3;2*1H. The molecule has 1 atom stereocenters. The number of carbonyl (C=O) groups excluding carboxylic acids is 1. The lowest BCUT2D eigenvalue weighted by atomic mass is 10.1. The zero-order valence-corrected chi connectivity index (χ0v) is 16.0. The van der Waals surface area contributed by atoms with Crippen LogP contribution in [0.4, 0.5) is 5.82 Å². The van der Waals surface area contributed by atoms with Gasteiger partial charge in [-0.1, -0.05) is 0 Å². The maximum Gasteiger partial charge on any atom is 0.222 e. The molecule has 1 saturated heterocycles. The van der Waals surface area contributed by atoms with Crippen LogP contribution in [-0.4, -0.2) is 53.0 Å². The van der Waals surface area contributed by atoms with Crippen molar-refractivity contribution in [1.29, 1.82) is 0 Å². The first-order valence-corrected chi connectivity index (χ1v) is 8.49. The van der Waals surface area contributed by atoms with Gasteiger partial charge in [0, 0.05) is 38.6 Å². The van der Waals surface area contributed by atoms with E-state index in [-0.39, 0.29) is 36.8 Å². The van der Waals surface area contributed by atoms with E-state index in [0.717, 1.165) is 48.6 Å². The van der Waals surface area contributed by atoms with Crippen LogP contribution in [0.2, 0.25) is 0 Å². The lowest BCUT2D eigenvalue weighted by molar-refractivity contribution is -0.131. The van der Waals surface area contributed by atoms with Crippen molar-refractivity contribution < 1.29 is 4.79 Å². The predicted molar refractivity (Wildman–Crippen MR) is 104 cm³/mol. The number of amides is 1. The largest absolute Gasteiger partial charge is 0.352 e. The summed E-state index contributed by atoms with van der Waals surface area (Å²) in [5, 5.41) is 3.14. The molecule has 0 saturated carbocycles. The van der Waals surface area contributed by atoms with E-state index in [9.17, 15) is 4.79 Å². The fourth-order valence-electron chi connectivity index (χ4n) is 2.71. The van der Waals surface area contributed by atoms with E-state index in [2.05, 4.69) is 20.9 Å². The minimum Gasteiger partial charge on any atom is -0.352 e. The van der Waals surface area contributed by atoms with Crippen molar-refractivity contribution in [3.63, 3.8) is 0 Å². The third-order valence-electron chi connectivity index (χ3n) is 3.99. The number of nitrogens with zero attached hydrogens (tertiary/aromatic N) is 4. The quantitative estimate of drug-likeness (QED) is 0.864. The van der Waals surface area contributed by atoms with Gasteiger partial charge in [0.1, 0.15) is 17.0 Å². The molecule has 0 spiro atoms. The second kappa shape index (κ2) is 9.36. The Labute approximate surface area is 158 Å². The van der Waals surface area contributed by atoms with Gasteiger partial charge in [-0.3, -0.25) is 4.79 Å². The van der Waals surface area contributed by atoms with Crippen molar-refractivity contribution in [2.75, 3.05) is 31.1 Å². The van der Waals surface area contributed by atoms with Gasteiger partial charge in [-0.25, -0.2) is 9.97 Å². The minimum absolute atomic E-state index is 0. The van der Waals surface area contributed by atoms with Crippen LogP contribution < -0.4 is 10.6 Å². The smallest absolute Gasteiger partial charge is 0.222 e. The van der Waals surface area contributed by atoms with Crippen LogP contribution in [0.25, 0.3) is 10.2 Å². The summed E-state index contributed by atoms with van der Waals surface area (Å²) in [5.41, 5.74) is 5.72. The Kier molecular flexibility index (Phi) is 8.15. The molecule has 6 nitrogen and oxygen atoms in total. The second-order valence-electron chi connectivity index (χ2n) is 5.72. The summed E-state index contributed by atoms with van der Waals surface area (Å²) in [6, 6.07) is 2.15. The van der Waals surface area contributed by atoms with Crippen molar-refractivity contribution >= 4 is 58.1 Å². The number of thiophene rings is 1. The number of fused-ring (bicyclic) bond motifs is 1. The molecule has 3 rings (SSSR count). The first kappa shape index (κ1) is 20.9. The summed E-state index contributed by atoms with van der Waals surface area (Å²) in [7, 11) is 0. The van der Waals surface area contributed by atoms with Crippen LogP contribution in [0, 0.1) is 0 Å². The number of hydrogen-bond donors (Lipinski definition) is 1. The van der Waals surface area contributed by atoms with Gasteiger partial charge < -0.3 is 15.5 Å². The molecule has 1 aliphatic rings. The summed E-state index contributed by atoms with van der Waals surface area (Å²) in [4.78, 5) is 26.1. The van der Waals surface area contributed by atoms with E-state index in [0.29, 0.717) is 6.42 Å². The zero-order valence-electron chi connectivity index (χ0n) is 13.6. The van der Waals surface area contributed by atoms with E-state index >= 15 is 0 Å². The van der Waals surface area contributed by atoms with Crippen molar-refractivity contribution in [3.05, 3.63) is 17.8 Å². The summed E-state index contributed by atoms with van der Waals surface area (Å²) in [6.07, 6.45) is 2.91. The molecule has 0 bridgehead atoms. The number of hydrogen-bond acceptors (Lipinski definition) is 6. The number of nitrogens with two attached hydrogens (primary N) is 1. The Hall–Kier alpha value is -1.15. The molecule has 1 fully saturated rings. The molecule has 2 N–H and O–H groups in total. The first-order chi connectivity index (χ1) is 10.6. The predicted octanol–water partition coefficient (Wildman–Crippen LogP) is 2.31. The maximum absolute atomic E-state index is 12.1. The third kappa shape index (κ3) is 4.69. The highest BCUT2D eigenvalue weighted by Crippen LogP contribution is 2.27. The van der Waals surface area contributed by atoms with Gasteiger partial charge in [-0.15, -0.1) is 36.2 Å². The van der Waals surface area contributed by atoms with Gasteiger partial charge in [0.15, 0.2) is 0 Å². The molecule has 0 aromatic carbocycles. The van der Waals surface area contributed by atoms with Gasteiger partial charge in [0.05, 0.1) is 5.39 Å². The lowest BCUT2D eigenvalue weighted by Crippen LogP contribution is -2.49. The van der Waals surface area contributed by atoms with E-state index in [1.807, 2.05) is 17.2 Å². The van der Waals surface area contributed by atoms with E-state index in [1.165, 1.54) is 0 Å². The monoisotopic (exact) mass is 391 g/mol. The molecule has 2 aromatic rings. The topological polar surface area (TPSA) is 75.4 Å². The highest BCUT2D eigenvalue weighted by molar-refractivity contribution is 7.16. The Morgan fingerprint density at radius 3 is 2.67 bits per heavy atom. The second-order valence-corrected chi connectivity index (χ2v) is 6.62. The molecule has 1 aliphatic heterocycles. The van der Waals surface area contributed by atoms with Gasteiger partial charge in [0.2, 0.25) is 5.91 Å². The normalized spacial score (nSPS) is 15.6.